The van der Waals surface area contributed by atoms with Gasteiger partial charge in [-0.2, -0.15) is 0 Å². The van der Waals surface area contributed by atoms with Crippen molar-refractivity contribution in [2.24, 2.45) is 0 Å². The molecule has 0 aromatic carbocycles. The number of amides is 1. The van der Waals surface area contributed by atoms with Crippen LogP contribution in [0, 0.1) is 0 Å². The van der Waals surface area contributed by atoms with E-state index in [9.17, 15) is 9.59 Å². The second-order valence-corrected chi connectivity index (χ2v) is 2.49. The van der Waals surface area contributed by atoms with Gasteiger partial charge < -0.3 is 9.53 Å². The minimum Gasteiger partial charge on any atom is -0.444 e. The lowest BCUT2D eigenvalue weighted by atomic mass is 10.3. The van der Waals surface area contributed by atoms with Gasteiger partial charge in [0, 0.05) is 0 Å². The first-order valence-electron chi connectivity index (χ1n) is 3.67. The maximum Gasteiger partial charge on any atom is 0.410 e. The van der Waals surface area contributed by atoms with Crippen LogP contribution in [0.5, 0.6) is 0 Å². The summed E-state index contributed by atoms with van der Waals surface area (Å²) in [7, 11) is 0. The fourth-order valence-electron chi connectivity index (χ4n) is 1.03. The van der Waals surface area contributed by atoms with E-state index in [4.69, 9.17) is 4.74 Å². The number of nitrogens with zero attached hydrogens (tertiary/aromatic N) is 1. The predicted molar refractivity (Wildman–Crippen MR) is 38.2 cm³/mol. The highest BCUT2D eigenvalue weighted by atomic mass is 16.6. The Hall–Kier alpha value is -1.06. The Morgan fingerprint density at radius 1 is 1.82 bits per heavy atom. The SMILES string of the molecule is CCC1CN(CC=O)C(=O)O1. The molecule has 1 atom stereocenters. The summed E-state index contributed by atoms with van der Waals surface area (Å²) >= 11 is 0. The van der Waals surface area contributed by atoms with Crippen molar-refractivity contribution in [3.63, 3.8) is 0 Å². The number of aldehydes is 1. The Morgan fingerprint density at radius 3 is 3.00 bits per heavy atom. The molecule has 0 aliphatic carbocycles. The van der Waals surface area contributed by atoms with Gasteiger partial charge in [-0.15, -0.1) is 0 Å². The molecular formula is C7H11NO3. The second-order valence-electron chi connectivity index (χ2n) is 2.49. The zero-order chi connectivity index (χ0) is 8.27. The molecule has 1 fully saturated rings. The summed E-state index contributed by atoms with van der Waals surface area (Å²) in [5, 5.41) is 0. The molecule has 1 aliphatic heterocycles. The van der Waals surface area contributed by atoms with Gasteiger partial charge in [-0.3, -0.25) is 4.90 Å². The summed E-state index contributed by atoms with van der Waals surface area (Å²) in [6.07, 6.45) is 1.12. The van der Waals surface area contributed by atoms with Crippen molar-refractivity contribution < 1.29 is 14.3 Å². The van der Waals surface area contributed by atoms with Gasteiger partial charge in [-0.1, -0.05) is 6.92 Å². The standard InChI is InChI=1S/C7H11NO3/c1-2-6-5-8(3-4-9)7(10)11-6/h4,6H,2-3,5H2,1H3. The van der Waals surface area contributed by atoms with E-state index in [0.717, 1.165) is 6.42 Å². The van der Waals surface area contributed by atoms with Crippen molar-refractivity contribution in [2.75, 3.05) is 13.1 Å². The van der Waals surface area contributed by atoms with E-state index in [-0.39, 0.29) is 18.7 Å². The number of hydrogen-bond donors (Lipinski definition) is 0. The van der Waals surface area contributed by atoms with Crippen molar-refractivity contribution >= 4 is 12.4 Å². The molecule has 1 heterocycles. The molecule has 4 nitrogen and oxygen atoms in total. The molecule has 62 valence electrons. The molecular weight excluding hydrogens is 146 g/mol. The van der Waals surface area contributed by atoms with Crippen LogP contribution in [0.2, 0.25) is 0 Å². The fraction of sp³-hybridized carbons (Fsp3) is 0.714. The summed E-state index contributed by atoms with van der Waals surface area (Å²) in [5.41, 5.74) is 0. The van der Waals surface area contributed by atoms with Crippen LogP contribution < -0.4 is 0 Å². The molecule has 1 saturated heterocycles. The summed E-state index contributed by atoms with van der Waals surface area (Å²) in [5.74, 6) is 0. The third-order valence-corrected chi connectivity index (χ3v) is 1.70. The number of ether oxygens (including phenoxy) is 1. The van der Waals surface area contributed by atoms with Crippen LogP contribution in [0.4, 0.5) is 4.79 Å². The minimum atomic E-state index is -0.371. The molecule has 4 heteroatoms. The molecule has 0 aromatic heterocycles. The maximum atomic E-state index is 10.9. The zero-order valence-corrected chi connectivity index (χ0v) is 6.45. The number of carbonyl (C=O) groups is 2. The Labute approximate surface area is 65.1 Å². The number of hydrogen-bond acceptors (Lipinski definition) is 3. The predicted octanol–water partition coefficient (Wildman–Crippen LogP) is 0.416. The number of rotatable bonds is 3. The maximum absolute atomic E-state index is 10.9. The first kappa shape index (κ1) is 8.04. The molecule has 1 rings (SSSR count). The fourth-order valence-corrected chi connectivity index (χ4v) is 1.03. The van der Waals surface area contributed by atoms with Crippen LogP contribution in [0.1, 0.15) is 13.3 Å². The molecule has 0 N–H and O–H groups in total. The lowest BCUT2D eigenvalue weighted by molar-refractivity contribution is -0.108. The number of carbonyl (C=O) groups excluding carboxylic acids is 2. The molecule has 0 radical (unpaired) electrons. The first-order chi connectivity index (χ1) is 5.27. The minimum absolute atomic E-state index is 0.0255. The van der Waals surface area contributed by atoms with Gasteiger partial charge in [0.2, 0.25) is 0 Å². The molecule has 0 aromatic rings. The third-order valence-electron chi connectivity index (χ3n) is 1.70. The molecule has 0 saturated carbocycles. The summed E-state index contributed by atoms with van der Waals surface area (Å²) in [6.45, 7) is 2.64. The van der Waals surface area contributed by atoms with Gasteiger partial charge in [0.05, 0.1) is 13.1 Å². The van der Waals surface area contributed by atoms with E-state index in [1.807, 2.05) is 6.92 Å². The monoisotopic (exact) mass is 157 g/mol. The Balaban J connectivity index is 2.44. The highest BCUT2D eigenvalue weighted by molar-refractivity contribution is 5.73. The summed E-state index contributed by atoms with van der Waals surface area (Å²) in [6, 6.07) is 0. The molecule has 1 amide bonds. The lowest BCUT2D eigenvalue weighted by Crippen LogP contribution is -2.26. The molecule has 0 spiro atoms. The van der Waals surface area contributed by atoms with Crippen molar-refractivity contribution in [1.29, 1.82) is 0 Å². The highest BCUT2D eigenvalue weighted by Gasteiger charge is 2.28. The van der Waals surface area contributed by atoms with Crippen molar-refractivity contribution in [3.8, 4) is 0 Å². The number of cyclic esters (lactones) is 1. The summed E-state index contributed by atoms with van der Waals surface area (Å²) < 4.78 is 4.90. The van der Waals surface area contributed by atoms with Gasteiger partial charge >= 0.3 is 6.09 Å². The molecule has 1 aliphatic rings. The van der Waals surface area contributed by atoms with E-state index in [2.05, 4.69) is 0 Å². The zero-order valence-electron chi connectivity index (χ0n) is 6.45. The van der Waals surface area contributed by atoms with Crippen LogP contribution in [0.25, 0.3) is 0 Å². The van der Waals surface area contributed by atoms with E-state index < -0.39 is 0 Å². The van der Waals surface area contributed by atoms with Crippen LogP contribution in [0.15, 0.2) is 0 Å². The van der Waals surface area contributed by atoms with E-state index >= 15 is 0 Å². The smallest absolute Gasteiger partial charge is 0.410 e. The highest BCUT2D eigenvalue weighted by Crippen LogP contribution is 2.12. The normalized spacial score (nSPS) is 23.5. The average Bonchev–Trinajstić information content (AvgIpc) is 2.33. The van der Waals surface area contributed by atoms with Gasteiger partial charge in [0.15, 0.2) is 0 Å². The second kappa shape index (κ2) is 3.37. The van der Waals surface area contributed by atoms with Gasteiger partial charge in [-0.25, -0.2) is 4.79 Å². The van der Waals surface area contributed by atoms with Crippen LogP contribution in [0.3, 0.4) is 0 Å². The summed E-state index contributed by atoms with van der Waals surface area (Å²) in [4.78, 5) is 22.3. The van der Waals surface area contributed by atoms with Crippen molar-refractivity contribution in [1.82, 2.24) is 4.90 Å². The average molecular weight is 157 g/mol. The van der Waals surface area contributed by atoms with Gasteiger partial charge in [0.1, 0.15) is 12.4 Å². The molecule has 0 bridgehead atoms. The van der Waals surface area contributed by atoms with Crippen molar-refractivity contribution in [3.05, 3.63) is 0 Å². The van der Waals surface area contributed by atoms with Crippen LogP contribution in [-0.4, -0.2) is 36.5 Å². The Bertz CT molecular complexity index is 169. The van der Waals surface area contributed by atoms with Crippen LogP contribution in [-0.2, 0) is 9.53 Å². The Kier molecular flexibility index (Phi) is 2.46. The Morgan fingerprint density at radius 2 is 2.55 bits per heavy atom. The molecule has 1 unspecified atom stereocenters. The van der Waals surface area contributed by atoms with Gasteiger partial charge in [-0.05, 0) is 6.42 Å². The first-order valence-corrected chi connectivity index (χ1v) is 3.67. The van der Waals surface area contributed by atoms with Gasteiger partial charge in [0.25, 0.3) is 0 Å². The van der Waals surface area contributed by atoms with E-state index in [1.54, 1.807) is 0 Å². The topological polar surface area (TPSA) is 46.6 Å². The van der Waals surface area contributed by atoms with E-state index in [1.165, 1.54) is 4.90 Å². The lowest BCUT2D eigenvalue weighted by Gasteiger charge is -2.06. The quantitative estimate of drug-likeness (QED) is 0.557. The molecule has 11 heavy (non-hydrogen) atoms. The largest absolute Gasteiger partial charge is 0.444 e. The van der Waals surface area contributed by atoms with Crippen LogP contribution >= 0.6 is 0 Å². The van der Waals surface area contributed by atoms with Crippen molar-refractivity contribution in [2.45, 2.75) is 19.4 Å². The van der Waals surface area contributed by atoms with E-state index in [0.29, 0.717) is 12.8 Å². The third kappa shape index (κ3) is 1.69.